The summed E-state index contributed by atoms with van der Waals surface area (Å²) in [7, 11) is 1.50. The van der Waals surface area contributed by atoms with Crippen molar-refractivity contribution in [2.45, 2.75) is 12.8 Å². The van der Waals surface area contributed by atoms with Gasteiger partial charge >= 0.3 is 0 Å². The quantitative estimate of drug-likeness (QED) is 0.578. The summed E-state index contributed by atoms with van der Waals surface area (Å²) in [6.45, 7) is 1.50. The second-order valence-corrected chi connectivity index (χ2v) is 5.83. The Balaban J connectivity index is 2.01. The Kier molecular flexibility index (Phi) is 4.75. The first-order valence-electron chi connectivity index (χ1n) is 8.16. The van der Waals surface area contributed by atoms with Gasteiger partial charge in [0.2, 0.25) is 0 Å². The smallest absolute Gasteiger partial charge is 0.294 e. The van der Waals surface area contributed by atoms with Gasteiger partial charge in [0.25, 0.3) is 5.91 Å². The molecule has 0 bridgehead atoms. The average molecular weight is 346 g/mol. The molecular formula is C16H22N6O3. The third kappa shape index (κ3) is 3.10. The highest BCUT2D eigenvalue weighted by atomic mass is 16.5. The Morgan fingerprint density at radius 3 is 2.72 bits per heavy atom. The van der Waals surface area contributed by atoms with Crippen molar-refractivity contribution in [3.8, 4) is 5.75 Å². The first-order chi connectivity index (χ1) is 12.1. The maximum atomic E-state index is 12.6. The molecule has 1 aromatic rings. The molecule has 25 heavy (non-hydrogen) atoms. The molecule has 1 amide bonds. The highest BCUT2D eigenvalue weighted by molar-refractivity contribution is 6.68. The first kappa shape index (κ1) is 17.0. The number of nitrogens with two attached hydrogens (primary N) is 1. The number of aliphatic hydroxyl groups excluding tert-OH is 1. The van der Waals surface area contributed by atoms with Crippen LogP contribution in [0.25, 0.3) is 0 Å². The van der Waals surface area contributed by atoms with Crippen LogP contribution in [0.3, 0.4) is 0 Å². The summed E-state index contributed by atoms with van der Waals surface area (Å²) in [5.41, 5.74) is 7.45. The maximum absolute atomic E-state index is 12.6. The average Bonchev–Trinajstić information content (AvgIpc) is 2.86. The summed E-state index contributed by atoms with van der Waals surface area (Å²) in [5.74, 6) is 0.270. The van der Waals surface area contributed by atoms with Crippen molar-refractivity contribution in [3.05, 3.63) is 12.1 Å². The molecule has 9 heteroatoms. The van der Waals surface area contributed by atoms with Crippen molar-refractivity contribution >= 4 is 34.5 Å². The fraction of sp³-hybridized carbons (Fsp3) is 0.438. The predicted molar refractivity (Wildman–Crippen MR) is 95.5 cm³/mol. The number of carbonyl (C=O) groups is 1. The molecule has 2 saturated heterocycles. The van der Waals surface area contributed by atoms with Crippen molar-refractivity contribution in [2.24, 2.45) is 4.99 Å². The number of ether oxygens (including phenoxy) is 1. The Hall–Kier alpha value is -2.81. The zero-order valence-electron chi connectivity index (χ0n) is 14.1. The maximum Gasteiger partial charge on any atom is 0.294 e. The molecule has 2 aliphatic heterocycles. The molecule has 2 heterocycles. The minimum absolute atomic E-state index is 0.0573. The lowest BCUT2D eigenvalue weighted by Crippen LogP contribution is -2.45. The molecule has 0 aromatic heterocycles. The van der Waals surface area contributed by atoms with E-state index in [2.05, 4.69) is 10.3 Å². The Morgan fingerprint density at radius 1 is 1.36 bits per heavy atom. The summed E-state index contributed by atoms with van der Waals surface area (Å²) < 4.78 is 5.23. The number of hydrogen-bond donors (Lipinski definition) is 4. The number of amides is 1. The van der Waals surface area contributed by atoms with E-state index in [1.165, 1.54) is 7.11 Å². The van der Waals surface area contributed by atoms with E-state index >= 15 is 0 Å². The van der Waals surface area contributed by atoms with Crippen LogP contribution >= 0.6 is 0 Å². The fourth-order valence-corrected chi connectivity index (χ4v) is 2.96. The number of hydrazine groups is 1. The molecule has 9 nitrogen and oxygen atoms in total. The lowest BCUT2D eigenvalue weighted by molar-refractivity contribution is -0.134. The summed E-state index contributed by atoms with van der Waals surface area (Å²) in [6, 6.07) is 3.26. The van der Waals surface area contributed by atoms with E-state index in [4.69, 9.17) is 21.0 Å². The van der Waals surface area contributed by atoms with Gasteiger partial charge < -0.3 is 20.9 Å². The minimum Gasteiger partial charge on any atom is -0.495 e. The highest BCUT2D eigenvalue weighted by Crippen LogP contribution is 2.35. The molecular weight excluding hydrogens is 324 g/mol. The molecule has 0 aliphatic carbocycles. The van der Waals surface area contributed by atoms with E-state index in [9.17, 15) is 4.79 Å². The lowest BCUT2D eigenvalue weighted by atomic mass is 10.2. The van der Waals surface area contributed by atoms with E-state index < -0.39 is 0 Å². The van der Waals surface area contributed by atoms with Gasteiger partial charge in [0.05, 0.1) is 30.8 Å². The Morgan fingerprint density at radius 2 is 2.08 bits per heavy atom. The van der Waals surface area contributed by atoms with Crippen LogP contribution in [0.5, 0.6) is 5.75 Å². The van der Waals surface area contributed by atoms with Crippen LogP contribution in [0.2, 0.25) is 0 Å². The second kappa shape index (κ2) is 6.98. The standard InChI is InChI=1S/C16H22N6O3/c1-25-13-9-12(11(8-10(13)17)19-4-7-23)20-14-15(18)21-5-2-3-6-22(21)16(14)24/h8-9,18-19,23H,2-7,17H2,1H3. The van der Waals surface area contributed by atoms with Gasteiger partial charge in [0, 0.05) is 25.7 Å². The van der Waals surface area contributed by atoms with Gasteiger partial charge in [-0.15, -0.1) is 0 Å². The molecule has 2 fully saturated rings. The Labute approximate surface area is 145 Å². The summed E-state index contributed by atoms with van der Waals surface area (Å²) in [5, 5.41) is 23.6. The minimum atomic E-state index is -0.270. The topological polar surface area (TPSA) is 127 Å². The zero-order chi connectivity index (χ0) is 18.0. The van der Waals surface area contributed by atoms with Crippen molar-refractivity contribution < 1.29 is 14.6 Å². The number of hydrogen-bond acceptors (Lipinski definition) is 7. The molecule has 1 aromatic carbocycles. The van der Waals surface area contributed by atoms with Crippen molar-refractivity contribution in [1.82, 2.24) is 10.0 Å². The molecule has 134 valence electrons. The Bertz CT molecular complexity index is 707. The van der Waals surface area contributed by atoms with Crippen LogP contribution < -0.4 is 15.8 Å². The number of nitrogen functional groups attached to an aromatic ring is 1. The van der Waals surface area contributed by atoms with Crippen LogP contribution in [-0.4, -0.2) is 65.9 Å². The number of rotatable bonds is 5. The van der Waals surface area contributed by atoms with Gasteiger partial charge in [-0.05, 0) is 18.9 Å². The van der Waals surface area contributed by atoms with Crippen molar-refractivity contribution in [2.75, 3.05) is 44.4 Å². The van der Waals surface area contributed by atoms with Crippen LogP contribution in [0.1, 0.15) is 12.8 Å². The van der Waals surface area contributed by atoms with Gasteiger partial charge in [-0.1, -0.05) is 0 Å². The lowest BCUT2D eigenvalue weighted by Gasteiger charge is -2.32. The number of methoxy groups -OCH3 is 1. The molecule has 0 spiro atoms. The summed E-state index contributed by atoms with van der Waals surface area (Å²) in [4.78, 5) is 17.0. The number of amidine groups is 1. The predicted octanol–water partition coefficient (Wildman–Crippen LogP) is 0.584. The van der Waals surface area contributed by atoms with Crippen LogP contribution in [0, 0.1) is 5.41 Å². The number of anilines is 2. The summed E-state index contributed by atoms with van der Waals surface area (Å²) in [6.07, 6.45) is 1.86. The first-order valence-corrected chi connectivity index (χ1v) is 8.16. The molecule has 0 saturated carbocycles. The number of nitrogens with one attached hydrogen (secondary N) is 2. The summed E-state index contributed by atoms with van der Waals surface area (Å²) >= 11 is 0. The SMILES string of the molecule is COc1cc(N=C2C(=N)N3CCCCN3C2=O)c(NCCO)cc1N. The number of nitrogens with zero attached hydrogens (tertiary/aromatic N) is 3. The largest absolute Gasteiger partial charge is 0.495 e. The van der Waals surface area contributed by atoms with Gasteiger partial charge in [-0.2, -0.15) is 0 Å². The molecule has 0 atom stereocenters. The van der Waals surface area contributed by atoms with Gasteiger partial charge in [0.15, 0.2) is 11.5 Å². The zero-order valence-corrected chi connectivity index (χ0v) is 14.1. The van der Waals surface area contributed by atoms with Gasteiger partial charge in [-0.3, -0.25) is 15.2 Å². The second-order valence-electron chi connectivity index (χ2n) is 5.83. The van der Waals surface area contributed by atoms with Crippen molar-refractivity contribution in [3.63, 3.8) is 0 Å². The molecule has 5 N–H and O–H groups in total. The van der Waals surface area contributed by atoms with Gasteiger partial charge in [0.1, 0.15) is 5.75 Å². The van der Waals surface area contributed by atoms with Gasteiger partial charge in [-0.25, -0.2) is 10.0 Å². The number of aliphatic hydroxyl groups is 1. The van der Waals surface area contributed by atoms with E-state index in [-0.39, 0.29) is 24.1 Å². The molecule has 0 radical (unpaired) electrons. The van der Waals surface area contributed by atoms with E-state index in [0.29, 0.717) is 42.4 Å². The third-order valence-corrected chi connectivity index (χ3v) is 4.21. The monoisotopic (exact) mass is 346 g/mol. The third-order valence-electron chi connectivity index (χ3n) is 4.21. The number of fused-ring (bicyclic) bond motifs is 1. The highest BCUT2D eigenvalue weighted by Gasteiger charge is 2.40. The van der Waals surface area contributed by atoms with E-state index in [1.807, 2.05) is 0 Å². The van der Waals surface area contributed by atoms with E-state index in [0.717, 1.165) is 12.8 Å². The van der Waals surface area contributed by atoms with Crippen LogP contribution in [0.4, 0.5) is 17.1 Å². The fourth-order valence-electron chi connectivity index (χ4n) is 2.96. The molecule has 0 unspecified atom stereocenters. The van der Waals surface area contributed by atoms with Crippen LogP contribution in [0.15, 0.2) is 17.1 Å². The molecule has 2 aliphatic rings. The number of carbonyl (C=O) groups excluding carboxylic acids is 1. The normalized spacial score (nSPS) is 18.7. The van der Waals surface area contributed by atoms with E-state index in [1.54, 1.807) is 22.2 Å². The molecule has 3 rings (SSSR count). The number of benzene rings is 1. The number of aliphatic imine (C=N–C) groups is 1. The van der Waals surface area contributed by atoms with Crippen LogP contribution in [-0.2, 0) is 4.79 Å². The van der Waals surface area contributed by atoms with Crippen molar-refractivity contribution in [1.29, 1.82) is 5.41 Å².